The van der Waals surface area contributed by atoms with E-state index >= 15 is 0 Å². The minimum Gasteiger partial charge on any atom is -0.481 e. The van der Waals surface area contributed by atoms with Crippen LogP contribution in [-0.2, 0) is 11.3 Å². The third kappa shape index (κ3) is 3.97. The van der Waals surface area contributed by atoms with E-state index < -0.39 is 5.97 Å². The summed E-state index contributed by atoms with van der Waals surface area (Å²) in [4.78, 5) is 11.2. The summed E-state index contributed by atoms with van der Waals surface area (Å²) in [5.74, 6) is -1.26. The van der Waals surface area contributed by atoms with Gasteiger partial charge in [-0.15, -0.1) is 0 Å². The van der Waals surface area contributed by atoms with E-state index in [-0.39, 0.29) is 17.8 Å². The highest BCUT2D eigenvalue weighted by Gasteiger charge is 2.29. The van der Waals surface area contributed by atoms with Gasteiger partial charge in [0.2, 0.25) is 0 Å². The largest absolute Gasteiger partial charge is 0.481 e. The lowest BCUT2D eigenvalue weighted by Gasteiger charge is -2.12. The number of rotatable bonds is 6. The highest BCUT2D eigenvalue weighted by atomic mass is 19.1. The summed E-state index contributed by atoms with van der Waals surface area (Å²) in [6.45, 7) is 0.580. The van der Waals surface area contributed by atoms with Gasteiger partial charge in [0.15, 0.2) is 0 Å². The molecule has 1 fully saturated rings. The van der Waals surface area contributed by atoms with Crippen LogP contribution in [0.15, 0.2) is 60.8 Å². The normalized spacial score (nSPS) is 19.0. The molecule has 0 saturated heterocycles. The molecule has 2 atom stereocenters. The maximum absolute atomic E-state index is 13.3. The van der Waals surface area contributed by atoms with Gasteiger partial charge in [0.25, 0.3) is 0 Å². The molecule has 2 N–H and O–H groups in total. The molecule has 0 aliphatic heterocycles. The van der Waals surface area contributed by atoms with E-state index in [9.17, 15) is 14.3 Å². The van der Waals surface area contributed by atoms with Gasteiger partial charge in [0.1, 0.15) is 5.82 Å². The van der Waals surface area contributed by atoms with Crippen molar-refractivity contribution in [1.82, 2.24) is 15.1 Å². The lowest BCUT2D eigenvalue weighted by atomic mass is 10.1. The zero-order valence-corrected chi connectivity index (χ0v) is 15.4. The van der Waals surface area contributed by atoms with Crippen molar-refractivity contribution in [3.05, 3.63) is 72.2 Å². The Labute approximate surface area is 162 Å². The van der Waals surface area contributed by atoms with Crippen molar-refractivity contribution in [1.29, 1.82) is 0 Å². The fraction of sp³-hybridized carbons (Fsp3) is 0.273. The standard InChI is InChI=1S/C22H22FN3O2/c23-18-9-6-15(7-10-18)21-17(13-24-19-11-8-16(12-19)22(27)28)14-26(25-21)20-4-2-1-3-5-20/h1-7,9-10,14,16,19,24H,8,11-13H2,(H,27,28). The quantitative estimate of drug-likeness (QED) is 0.679. The molecule has 2 aromatic carbocycles. The van der Waals surface area contributed by atoms with Crippen molar-refractivity contribution in [2.45, 2.75) is 31.8 Å². The number of benzene rings is 2. The molecule has 6 heteroatoms. The molecule has 1 aromatic heterocycles. The number of hydrogen-bond acceptors (Lipinski definition) is 3. The summed E-state index contributed by atoms with van der Waals surface area (Å²) in [6.07, 6.45) is 4.19. The molecule has 0 amide bonds. The van der Waals surface area contributed by atoms with E-state index in [0.717, 1.165) is 28.9 Å². The number of nitrogens with one attached hydrogen (secondary N) is 1. The zero-order valence-electron chi connectivity index (χ0n) is 15.4. The molecule has 0 spiro atoms. The van der Waals surface area contributed by atoms with Gasteiger partial charge in [-0.2, -0.15) is 5.10 Å². The zero-order chi connectivity index (χ0) is 19.5. The van der Waals surface area contributed by atoms with Crippen LogP contribution in [-0.4, -0.2) is 26.9 Å². The van der Waals surface area contributed by atoms with Gasteiger partial charge in [-0.25, -0.2) is 9.07 Å². The number of nitrogens with zero attached hydrogens (tertiary/aromatic N) is 2. The van der Waals surface area contributed by atoms with Crippen molar-refractivity contribution in [2.24, 2.45) is 5.92 Å². The van der Waals surface area contributed by atoms with Crippen LogP contribution in [0.5, 0.6) is 0 Å². The first-order valence-corrected chi connectivity index (χ1v) is 9.46. The summed E-state index contributed by atoms with van der Waals surface area (Å²) in [5.41, 5.74) is 3.59. The van der Waals surface area contributed by atoms with Crippen molar-refractivity contribution in [3.63, 3.8) is 0 Å². The molecule has 28 heavy (non-hydrogen) atoms. The van der Waals surface area contributed by atoms with Gasteiger partial charge in [0, 0.05) is 29.9 Å². The number of carbonyl (C=O) groups is 1. The predicted octanol–water partition coefficient (Wildman–Crippen LogP) is 4.02. The summed E-state index contributed by atoms with van der Waals surface area (Å²) in [6, 6.07) is 16.3. The van der Waals surface area contributed by atoms with Crippen molar-refractivity contribution >= 4 is 5.97 Å². The van der Waals surface area contributed by atoms with Crippen LogP contribution in [0.2, 0.25) is 0 Å². The van der Waals surface area contributed by atoms with Gasteiger partial charge in [-0.05, 0) is 55.7 Å². The first-order chi connectivity index (χ1) is 13.6. The Morgan fingerprint density at radius 3 is 2.57 bits per heavy atom. The Morgan fingerprint density at radius 2 is 1.89 bits per heavy atom. The van der Waals surface area contributed by atoms with Crippen LogP contribution in [0, 0.1) is 11.7 Å². The monoisotopic (exact) mass is 379 g/mol. The van der Waals surface area contributed by atoms with E-state index in [1.165, 1.54) is 12.1 Å². The minimum atomic E-state index is -0.715. The van der Waals surface area contributed by atoms with E-state index in [1.54, 1.807) is 12.1 Å². The molecule has 0 bridgehead atoms. The average molecular weight is 379 g/mol. The lowest BCUT2D eigenvalue weighted by Crippen LogP contribution is -2.26. The smallest absolute Gasteiger partial charge is 0.306 e. The fourth-order valence-electron chi connectivity index (χ4n) is 3.75. The summed E-state index contributed by atoms with van der Waals surface area (Å²) in [7, 11) is 0. The van der Waals surface area contributed by atoms with Gasteiger partial charge < -0.3 is 10.4 Å². The number of carboxylic acid groups (broad SMARTS) is 1. The van der Waals surface area contributed by atoms with E-state index in [4.69, 9.17) is 5.10 Å². The molecule has 1 heterocycles. The van der Waals surface area contributed by atoms with Gasteiger partial charge in [-0.1, -0.05) is 18.2 Å². The molecule has 144 valence electrons. The molecule has 1 aliphatic carbocycles. The number of halogens is 1. The van der Waals surface area contributed by atoms with Crippen LogP contribution >= 0.6 is 0 Å². The van der Waals surface area contributed by atoms with Crippen LogP contribution in [0.1, 0.15) is 24.8 Å². The number of para-hydroxylation sites is 1. The van der Waals surface area contributed by atoms with Gasteiger partial charge in [-0.3, -0.25) is 4.79 Å². The van der Waals surface area contributed by atoms with Crippen LogP contribution in [0.4, 0.5) is 4.39 Å². The summed E-state index contributed by atoms with van der Waals surface area (Å²) >= 11 is 0. The molecule has 2 unspecified atom stereocenters. The second kappa shape index (κ2) is 7.94. The Balaban J connectivity index is 1.58. The lowest BCUT2D eigenvalue weighted by molar-refractivity contribution is -0.141. The molecule has 4 rings (SSSR count). The van der Waals surface area contributed by atoms with Crippen molar-refractivity contribution in [3.8, 4) is 16.9 Å². The maximum Gasteiger partial charge on any atom is 0.306 e. The highest BCUT2D eigenvalue weighted by Crippen LogP contribution is 2.28. The third-order valence-corrected chi connectivity index (χ3v) is 5.29. The SMILES string of the molecule is O=C(O)C1CCC(NCc2cn(-c3ccccc3)nc2-c2ccc(F)cc2)C1. The number of aliphatic carboxylic acids is 1. The Hall–Kier alpha value is -2.99. The number of aromatic nitrogens is 2. The molecular weight excluding hydrogens is 357 g/mol. The van der Waals surface area contributed by atoms with Gasteiger partial charge >= 0.3 is 5.97 Å². The minimum absolute atomic E-state index is 0.183. The topological polar surface area (TPSA) is 67.2 Å². The fourth-order valence-corrected chi connectivity index (χ4v) is 3.75. The predicted molar refractivity (Wildman–Crippen MR) is 105 cm³/mol. The Kier molecular flexibility index (Phi) is 5.21. The average Bonchev–Trinajstić information content (AvgIpc) is 3.35. The van der Waals surface area contributed by atoms with E-state index in [2.05, 4.69) is 5.32 Å². The molecule has 5 nitrogen and oxygen atoms in total. The molecule has 0 radical (unpaired) electrons. The highest BCUT2D eigenvalue weighted by molar-refractivity contribution is 5.70. The first-order valence-electron chi connectivity index (χ1n) is 9.46. The summed E-state index contributed by atoms with van der Waals surface area (Å²) < 4.78 is 15.2. The van der Waals surface area contributed by atoms with Crippen LogP contribution < -0.4 is 5.32 Å². The third-order valence-electron chi connectivity index (χ3n) is 5.29. The van der Waals surface area contributed by atoms with Crippen molar-refractivity contribution < 1.29 is 14.3 Å². The Bertz CT molecular complexity index is 954. The van der Waals surface area contributed by atoms with Gasteiger partial charge in [0.05, 0.1) is 17.3 Å². The maximum atomic E-state index is 13.3. The number of hydrogen-bond donors (Lipinski definition) is 2. The van der Waals surface area contributed by atoms with Crippen molar-refractivity contribution in [2.75, 3.05) is 0 Å². The summed E-state index contributed by atoms with van der Waals surface area (Å²) in [5, 5.41) is 17.4. The Morgan fingerprint density at radius 1 is 1.14 bits per heavy atom. The second-order valence-electron chi connectivity index (χ2n) is 7.22. The molecule has 3 aromatic rings. The van der Waals surface area contributed by atoms with Crippen LogP contribution in [0.3, 0.4) is 0 Å². The molecule has 1 saturated carbocycles. The first kappa shape index (κ1) is 18.4. The van der Waals surface area contributed by atoms with E-state index in [0.29, 0.717) is 19.4 Å². The number of carboxylic acids is 1. The molecular formula is C22H22FN3O2. The van der Waals surface area contributed by atoms with Crippen LogP contribution in [0.25, 0.3) is 16.9 Å². The molecule has 1 aliphatic rings. The van der Waals surface area contributed by atoms with E-state index in [1.807, 2.05) is 41.2 Å². The second-order valence-corrected chi connectivity index (χ2v) is 7.22.